The van der Waals surface area contributed by atoms with Crippen LogP contribution in [0, 0.1) is 0 Å². The number of rotatable bonds is 14. The van der Waals surface area contributed by atoms with E-state index in [0.717, 1.165) is 34.4 Å². The van der Waals surface area contributed by atoms with Crippen LogP contribution in [0.25, 0.3) is 34.3 Å². The summed E-state index contributed by atoms with van der Waals surface area (Å²) in [6, 6.07) is 22.8. The third kappa shape index (κ3) is 9.68. The first-order chi connectivity index (χ1) is 30.1. The summed E-state index contributed by atoms with van der Waals surface area (Å²) >= 11 is 0. The van der Waals surface area contributed by atoms with Gasteiger partial charge in [-0.2, -0.15) is 0 Å². The molecule has 0 fully saturated rings. The van der Waals surface area contributed by atoms with Gasteiger partial charge in [-0.3, -0.25) is 19.0 Å². The number of imidazole rings is 1. The number of aromatic nitrogens is 7. The van der Waals surface area contributed by atoms with Gasteiger partial charge in [-0.15, -0.1) is 0 Å². The van der Waals surface area contributed by atoms with Crippen LogP contribution in [0.5, 0.6) is 5.75 Å². The SMILES string of the molecule is C=C(Cn1c(=O)/c(=C/c2ccccc2)[nH]c(=O)/c1=C/c1nc[nH]c1C(C)(C)C)C(=O)Nc1cc(Nc2nccc(-c3cn(C)c4ccccc34)n2)c(OC)cc1N(C)CCN(C)C. The zero-order valence-electron chi connectivity index (χ0n) is 36.9. The zero-order valence-corrected chi connectivity index (χ0v) is 36.9. The van der Waals surface area contributed by atoms with E-state index in [4.69, 9.17) is 9.72 Å². The molecule has 1 amide bonds. The molecule has 0 aliphatic heterocycles. The molecule has 324 valence electrons. The van der Waals surface area contributed by atoms with E-state index in [1.54, 1.807) is 37.9 Å². The van der Waals surface area contributed by atoms with Crippen LogP contribution >= 0.6 is 0 Å². The van der Waals surface area contributed by atoms with Crippen molar-refractivity contribution in [1.82, 2.24) is 39.0 Å². The molecule has 63 heavy (non-hydrogen) atoms. The van der Waals surface area contributed by atoms with E-state index in [1.807, 2.05) is 115 Å². The predicted octanol–water partition coefficient (Wildman–Crippen LogP) is 5.11. The van der Waals surface area contributed by atoms with Gasteiger partial charge in [-0.05, 0) is 50.0 Å². The lowest BCUT2D eigenvalue weighted by atomic mass is 9.90. The molecule has 7 aromatic rings. The van der Waals surface area contributed by atoms with Gasteiger partial charge in [-0.25, -0.2) is 15.0 Å². The van der Waals surface area contributed by atoms with Crippen LogP contribution in [-0.2, 0) is 23.8 Å². The third-order valence-corrected chi connectivity index (χ3v) is 10.7. The Morgan fingerprint density at radius 3 is 2.43 bits per heavy atom. The molecule has 0 atom stereocenters. The van der Waals surface area contributed by atoms with Crippen molar-refractivity contribution in [3.8, 4) is 17.0 Å². The fourth-order valence-corrected chi connectivity index (χ4v) is 7.31. The molecule has 0 unspecified atom stereocenters. The van der Waals surface area contributed by atoms with Crippen LogP contribution in [0.4, 0.5) is 23.0 Å². The van der Waals surface area contributed by atoms with Gasteiger partial charge in [0.05, 0.1) is 48.4 Å². The van der Waals surface area contributed by atoms with Gasteiger partial charge >= 0.3 is 0 Å². The highest BCUT2D eigenvalue weighted by atomic mass is 16.5. The lowest BCUT2D eigenvalue weighted by Gasteiger charge is -2.26. The number of benzene rings is 3. The molecule has 0 saturated heterocycles. The molecule has 0 radical (unpaired) electrons. The van der Waals surface area contributed by atoms with Crippen LogP contribution < -0.4 is 42.1 Å². The molecular formula is C48H53N11O4. The Balaban J connectivity index is 1.27. The monoisotopic (exact) mass is 847 g/mol. The number of aromatic amines is 2. The first kappa shape index (κ1) is 43.6. The first-order valence-corrected chi connectivity index (χ1v) is 20.5. The molecule has 3 aromatic carbocycles. The molecular weight excluding hydrogens is 795 g/mol. The summed E-state index contributed by atoms with van der Waals surface area (Å²) in [5.41, 5.74) is 4.98. The van der Waals surface area contributed by atoms with E-state index in [1.165, 1.54) is 4.57 Å². The summed E-state index contributed by atoms with van der Waals surface area (Å²) in [5.74, 6) is 0.244. The van der Waals surface area contributed by atoms with Gasteiger partial charge in [0.1, 0.15) is 16.4 Å². The Hall–Kier alpha value is -7.52. The first-order valence-electron chi connectivity index (χ1n) is 20.5. The van der Waals surface area contributed by atoms with Crippen molar-refractivity contribution in [2.24, 2.45) is 7.05 Å². The number of likely N-dealkylation sites (N-methyl/N-ethyl adjacent to an activating group) is 2. The molecule has 0 bridgehead atoms. The minimum Gasteiger partial charge on any atom is -0.494 e. The van der Waals surface area contributed by atoms with Gasteiger partial charge in [-0.1, -0.05) is 75.9 Å². The van der Waals surface area contributed by atoms with Crippen molar-refractivity contribution >= 4 is 52.0 Å². The van der Waals surface area contributed by atoms with E-state index in [-0.39, 0.29) is 28.2 Å². The maximum atomic E-state index is 14.3. The molecule has 0 aliphatic rings. The number of aryl methyl sites for hydroxylation is 1. The second-order valence-corrected chi connectivity index (χ2v) is 16.7. The summed E-state index contributed by atoms with van der Waals surface area (Å²) in [6.45, 7) is 11.2. The smallest absolute Gasteiger partial charge is 0.275 e. The van der Waals surface area contributed by atoms with Crippen molar-refractivity contribution in [3.63, 3.8) is 0 Å². The number of amides is 1. The Morgan fingerprint density at radius 1 is 0.952 bits per heavy atom. The van der Waals surface area contributed by atoms with E-state index in [0.29, 0.717) is 46.6 Å². The predicted molar refractivity (Wildman–Crippen MR) is 251 cm³/mol. The second-order valence-electron chi connectivity index (χ2n) is 16.7. The minimum atomic E-state index is -0.565. The second kappa shape index (κ2) is 18.2. The highest BCUT2D eigenvalue weighted by Gasteiger charge is 2.22. The normalized spacial score (nSPS) is 12.3. The van der Waals surface area contributed by atoms with Crippen LogP contribution in [-0.4, -0.2) is 86.2 Å². The average molecular weight is 848 g/mol. The minimum absolute atomic E-state index is 0.0162. The number of para-hydroxylation sites is 1. The number of hydrogen-bond donors (Lipinski definition) is 4. The van der Waals surface area contributed by atoms with Crippen molar-refractivity contribution < 1.29 is 9.53 Å². The number of ether oxygens (including phenoxy) is 1. The van der Waals surface area contributed by atoms with E-state index >= 15 is 0 Å². The highest BCUT2D eigenvalue weighted by molar-refractivity contribution is 6.06. The summed E-state index contributed by atoms with van der Waals surface area (Å²) in [4.78, 5) is 66.4. The summed E-state index contributed by atoms with van der Waals surface area (Å²) in [7, 11) is 9.47. The van der Waals surface area contributed by atoms with Gasteiger partial charge in [0, 0.05) is 78.8 Å². The molecule has 15 heteroatoms. The quantitative estimate of drug-likeness (QED) is 0.108. The zero-order chi connectivity index (χ0) is 45.0. The number of H-pyrrole nitrogens is 2. The molecule has 4 N–H and O–H groups in total. The number of methoxy groups -OCH3 is 1. The Labute approximate surface area is 365 Å². The Kier molecular flexibility index (Phi) is 12.6. The van der Waals surface area contributed by atoms with Crippen LogP contribution in [0.15, 0.2) is 113 Å². The maximum absolute atomic E-state index is 14.3. The topological polar surface area (TPSA) is 171 Å². The molecule has 7 rings (SSSR count). The fourth-order valence-electron chi connectivity index (χ4n) is 7.31. The van der Waals surface area contributed by atoms with E-state index < -0.39 is 17.0 Å². The molecule has 4 aromatic heterocycles. The van der Waals surface area contributed by atoms with Crippen molar-refractivity contribution in [2.45, 2.75) is 32.7 Å². The van der Waals surface area contributed by atoms with Gasteiger partial charge in [0.2, 0.25) is 5.95 Å². The van der Waals surface area contributed by atoms with Gasteiger partial charge < -0.3 is 39.7 Å². The molecule has 15 nitrogen and oxygen atoms in total. The number of nitrogens with one attached hydrogen (secondary N) is 4. The summed E-state index contributed by atoms with van der Waals surface area (Å²) in [6.07, 6.45) is 8.44. The van der Waals surface area contributed by atoms with Gasteiger partial charge in [0.25, 0.3) is 17.0 Å². The number of carbonyl (C=O) groups excluding carboxylic acids is 1. The number of anilines is 4. The molecule has 4 heterocycles. The average Bonchev–Trinajstić information content (AvgIpc) is 3.88. The van der Waals surface area contributed by atoms with Crippen molar-refractivity contribution in [1.29, 1.82) is 0 Å². The van der Waals surface area contributed by atoms with Crippen molar-refractivity contribution in [2.75, 3.05) is 56.9 Å². The Bertz CT molecular complexity index is 3060. The van der Waals surface area contributed by atoms with Crippen LogP contribution in [0.2, 0.25) is 0 Å². The van der Waals surface area contributed by atoms with Crippen molar-refractivity contribution in [3.05, 3.63) is 152 Å². The largest absolute Gasteiger partial charge is 0.494 e. The highest BCUT2D eigenvalue weighted by Crippen LogP contribution is 2.38. The van der Waals surface area contributed by atoms with Gasteiger partial charge in [0.15, 0.2) is 0 Å². The van der Waals surface area contributed by atoms with E-state index in [2.05, 4.69) is 58.7 Å². The maximum Gasteiger partial charge on any atom is 0.275 e. The number of hydrogen-bond acceptors (Lipinski definition) is 10. The van der Waals surface area contributed by atoms with Crippen LogP contribution in [0.1, 0.15) is 37.7 Å². The van der Waals surface area contributed by atoms with Crippen LogP contribution in [0.3, 0.4) is 0 Å². The third-order valence-electron chi connectivity index (χ3n) is 10.7. The van der Waals surface area contributed by atoms with E-state index in [9.17, 15) is 14.4 Å². The molecule has 0 aliphatic carbocycles. The number of carbonyl (C=O) groups is 1. The Morgan fingerprint density at radius 2 is 1.70 bits per heavy atom. The standard InChI is InChI=1S/C48H53N11O4/c1-30(27-59-41(25-37-43(48(2,3)4)51-29-50-37)45(61)53-38(46(59)62)23-31-15-11-10-12-16-31)44(60)52-35-24-36(42(63-9)26-40(35)57(7)22-21-56(5)6)55-47-49-20-19-34(54-47)33-28-58(8)39-18-14-13-17-32(33)39/h10-20,23-26,28-29H,1,21-22,27H2,2-9H3,(H,50,51)(H,52,60)(H,53,61)(H,49,54,55)/b38-23-,41-25-. The summed E-state index contributed by atoms with van der Waals surface area (Å²) in [5, 5.41) is 7.50. The molecule has 0 spiro atoms. The molecule has 0 saturated carbocycles. The number of nitrogens with zero attached hydrogens (tertiary/aromatic N) is 7. The fraction of sp³-hybridized carbons (Fsp3) is 0.250. The summed E-state index contributed by atoms with van der Waals surface area (Å²) < 4.78 is 9.21. The number of fused-ring (bicyclic) bond motifs is 1. The lowest BCUT2D eigenvalue weighted by molar-refractivity contribution is -0.113. The lowest BCUT2D eigenvalue weighted by Crippen LogP contribution is -2.53.